The summed E-state index contributed by atoms with van der Waals surface area (Å²) in [6, 6.07) is 4.70. The molecule has 0 amide bonds. The van der Waals surface area contributed by atoms with Gasteiger partial charge >= 0.3 is 5.97 Å². The van der Waals surface area contributed by atoms with Crippen LogP contribution in [0.1, 0.15) is 17.5 Å². The maximum absolute atomic E-state index is 12.3. The molecule has 20 heavy (non-hydrogen) atoms. The topological polar surface area (TPSA) is 92.7 Å². The lowest BCUT2D eigenvalue weighted by molar-refractivity contribution is -0.144. The van der Waals surface area contributed by atoms with E-state index in [1.807, 2.05) is 6.92 Å². The zero-order valence-electron chi connectivity index (χ0n) is 11.3. The highest BCUT2D eigenvalue weighted by Crippen LogP contribution is 2.23. The number of carbonyl (C=O) groups is 1. The number of benzene rings is 1. The van der Waals surface area contributed by atoms with Gasteiger partial charge < -0.3 is 9.84 Å². The quantitative estimate of drug-likeness (QED) is 0.859. The van der Waals surface area contributed by atoms with E-state index in [1.165, 1.54) is 12.1 Å². The van der Waals surface area contributed by atoms with E-state index >= 15 is 0 Å². The van der Waals surface area contributed by atoms with E-state index in [-0.39, 0.29) is 24.5 Å². The Bertz CT molecular complexity index is 632. The molecule has 7 heteroatoms. The number of nitrogens with one attached hydrogen (secondary N) is 1. The standard InChI is InChI=1S/C13H17NO5S/c1-9-3-4-11(7-10(9)2)20(17,18)14-13(12(15)16)5-6-19-8-13/h3-4,7,14H,5-6,8H2,1-2H3,(H,15,16). The molecule has 1 fully saturated rings. The van der Waals surface area contributed by atoms with E-state index < -0.39 is 21.5 Å². The van der Waals surface area contributed by atoms with E-state index in [4.69, 9.17) is 4.74 Å². The van der Waals surface area contributed by atoms with Crippen molar-refractivity contribution < 1.29 is 23.1 Å². The van der Waals surface area contributed by atoms with Crippen LogP contribution in [0.3, 0.4) is 0 Å². The van der Waals surface area contributed by atoms with Gasteiger partial charge in [0.2, 0.25) is 10.0 Å². The molecular formula is C13H17NO5S. The van der Waals surface area contributed by atoms with Crippen LogP contribution in [0.5, 0.6) is 0 Å². The zero-order valence-corrected chi connectivity index (χ0v) is 12.2. The predicted octanol–water partition coefficient (Wildman–Crippen LogP) is 0.825. The van der Waals surface area contributed by atoms with Crippen LogP contribution in [0, 0.1) is 13.8 Å². The van der Waals surface area contributed by atoms with Crippen LogP contribution < -0.4 is 4.72 Å². The number of rotatable bonds is 4. The maximum atomic E-state index is 12.3. The first-order chi connectivity index (χ1) is 9.27. The summed E-state index contributed by atoms with van der Waals surface area (Å²) < 4.78 is 32.0. The van der Waals surface area contributed by atoms with Gasteiger partial charge in [0.1, 0.15) is 0 Å². The number of aliphatic carboxylic acids is 1. The number of hydrogen-bond acceptors (Lipinski definition) is 4. The molecule has 0 bridgehead atoms. The van der Waals surface area contributed by atoms with Crippen LogP contribution in [-0.2, 0) is 19.6 Å². The average Bonchev–Trinajstić information content (AvgIpc) is 2.81. The molecular weight excluding hydrogens is 282 g/mol. The van der Waals surface area contributed by atoms with E-state index in [0.29, 0.717) is 0 Å². The Labute approximate surface area is 117 Å². The average molecular weight is 299 g/mol. The highest BCUT2D eigenvalue weighted by molar-refractivity contribution is 7.89. The molecule has 1 aromatic rings. The molecule has 1 saturated heterocycles. The van der Waals surface area contributed by atoms with Crippen LogP contribution in [0.25, 0.3) is 0 Å². The third-order valence-electron chi connectivity index (χ3n) is 3.55. The summed E-state index contributed by atoms with van der Waals surface area (Å²) in [5, 5.41) is 9.27. The van der Waals surface area contributed by atoms with Crippen LogP contribution in [0.4, 0.5) is 0 Å². The lowest BCUT2D eigenvalue weighted by Gasteiger charge is -2.23. The van der Waals surface area contributed by atoms with Gasteiger partial charge in [0.05, 0.1) is 11.5 Å². The molecule has 1 unspecified atom stereocenters. The van der Waals surface area contributed by atoms with Crippen molar-refractivity contribution in [3.05, 3.63) is 29.3 Å². The molecule has 0 spiro atoms. The third-order valence-corrected chi connectivity index (χ3v) is 5.08. The van der Waals surface area contributed by atoms with Crippen molar-refractivity contribution in [2.24, 2.45) is 0 Å². The van der Waals surface area contributed by atoms with Crippen LogP contribution in [0.2, 0.25) is 0 Å². The van der Waals surface area contributed by atoms with Crippen LogP contribution in [-0.4, -0.2) is 38.2 Å². The molecule has 0 saturated carbocycles. The van der Waals surface area contributed by atoms with Gasteiger partial charge in [-0.1, -0.05) is 6.07 Å². The second-order valence-electron chi connectivity index (χ2n) is 5.04. The molecule has 6 nitrogen and oxygen atoms in total. The molecule has 110 valence electrons. The smallest absolute Gasteiger partial charge is 0.327 e. The molecule has 1 aliphatic heterocycles. The molecule has 2 rings (SSSR count). The van der Waals surface area contributed by atoms with Crippen molar-refractivity contribution in [3.8, 4) is 0 Å². The Morgan fingerprint density at radius 2 is 2.05 bits per heavy atom. The first-order valence-electron chi connectivity index (χ1n) is 6.19. The summed E-state index contributed by atoms with van der Waals surface area (Å²) in [7, 11) is -3.90. The number of sulfonamides is 1. The van der Waals surface area contributed by atoms with Crippen molar-refractivity contribution in [3.63, 3.8) is 0 Å². The lowest BCUT2D eigenvalue weighted by atomic mass is 10.0. The van der Waals surface area contributed by atoms with E-state index in [0.717, 1.165) is 11.1 Å². The van der Waals surface area contributed by atoms with Gasteiger partial charge in [-0.3, -0.25) is 4.79 Å². The first-order valence-corrected chi connectivity index (χ1v) is 7.67. The predicted molar refractivity (Wildman–Crippen MR) is 72.0 cm³/mol. The monoisotopic (exact) mass is 299 g/mol. The van der Waals surface area contributed by atoms with E-state index in [9.17, 15) is 18.3 Å². The molecule has 1 aromatic carbocycles. The molecule has 0 radical (unpaired) electrons. The first kappa shape index (κ1) is 15.0. The molecule has 1 heterocycles. The van der Waals surface area contributed by atoms with Gasteiger partial charge in [-0.15, -0.1) is 0 Å². The lowest BCUT2D eigenvalue weighted by Crippen LogP contribution is -2.54. The minimum absolute atomic E-state index is 0.0631. The Kier molecular flexibility index (Phi) is 3.86. The van der Waals surface area contributed by atoms with Crippen molar-refractivity contribution in [2.75, 3.05) is 13.2 Å². The molecule has 1 aliphatic rings. The van der Waals surface area contributed by atoms with E-state index in [2.05, 4.69) is 4.72 Å². The normalized spacial score (nSPS) is 22.9. The number of ether oxygens (including phenoxy) is 1. The summed E-state index contributed by atoms with van der Waals surface area (Å²) >= 11 is 0. The van der Waals surface area contributed by atoms with Gasteiger partial charge in [-0.2, -0.15) is 4.72 Å². The second-order valence-corrected chi connectivity index (χ2v) is 6.72. The van der Waals surface area contributed by atoms with Crippen molar-refractivity contribution in [1.82, 2.24) is 4.72 Å². The van der Waals surface area contributed by atoms with Gasteiger partial charge in [0.25, 0.3) is 0 Å². The van der Waals surface area contributed by atoms with Gasteiger partial charge in [-0.25, -0.2) is 8.42 Å². The van der Waals surface area contributed by atoms with Crippen LogP contribution >= 0.6 is 0 Å². The van der Waals surface area contributed by atoms with Crippen molar-refractivity contribution in [2.45, 2.75) is 30.7 Å². The fraction of sp³-hybridized carbons (Fsp3) is 0.462. The molecule has 1 atom stereocenters. The van der Waals surface area contributed by atoms with Gasteiger partial charge in [-0.05, 0) is 37.1 Å². The fourth-order valence-corrected chi connectivity index (χ4v) is 3.51. The summed E-state index contributed by atoms with van der Waals surface area (Å²) in [5.41, 5.74) is 0.235. The van der Waals surface area contributed by atoms with Crippen molar-refractivity contribution >= 4 is 16.0 Å². The zero-order chi connectivity index (χ0) is 15.0. The van der Waals surface area contributed by atoms with Crippen LogP contribution in [0.15, 0.2) is 23.1 Å². The summed E-state index contributed by atoms with van der Waals surface area (Å²) in [6.45, 7) is 3.75. The molecule has 0 aliphatic carbocycles. The summed E-state index contributed by atoms with van der Waals surface area (Å²) in [5.74, 6) is -1.22. The summed E-state index contributed by atoms with van der Waals surface area (Å²) in [4.78, 5) is 11.4. The Morgan fingerprint density at radius 1 is 1.35 bits per heavy atom. The largest absolute Gasteiger partial charge is 0.480 e. The summed E-state index contributed by atoms with van der Waals surface area (Å²) in [6.07, 6.45) is 0.117. The molecule has 2 N–H and O–H groups in total. The van der Waals surface area contributed by atoms with Crippen molar-refractivity contribution in [1.29, 1.82) is 0 Å². The highest BCUT2D eigenvalue weighted by Gasteiger charge is 2.46. The minimum atomic E-state index is -3.90. The maximum Gasteiger partial charge on any atom is 0.327 e. The van der Waals surface area contributed by atoms with Gasteiger partial charge in [0.15, 0.2) is 5.54 Å². The molecule has 0 aromatic heterocycles. The Morgan fingerprint density at radius 3 is 2.55 bits per heavy atom. The third kappa shape index (κ3) is 2.70. The number of aryl methyl sites for hydroxylation is 2. The van der Waals surface area contributed by atoms with E-state index in [1.54, 1.807) is 13.0 Å². The Balaban J connectivity index is 2.35. The number of hydrogen-bond donors (Lipinski definition) is 2. The minimum Gasteiger partial charge on any atom is -0.480 e. The highest BCUT2D eigenvalue weighted by atomic mass is 32.2. The SMILES string of the molecule is Cc1ccc(S(=O)(=O)NC2(C(=O)O)CCOC2)cc1C. The number of carboxylic acid groups (broad SMARTS) is 1. The second kappa shape index (κ2) is 5.16. The fourth-order valence-electron chi connectivity index (χ4n) is 2.05. The number of carboxylic acids is 1. The van der Waals surface area contributed by atoms with Gasteiger partial charge in [0, 0.05) is 13.0 Å². The Hall–Kier alpha value is -1.44.